The number of aliphatic hydroxyl groups excluding tert-OH is 1. The summed E-state index contributed by atoms with van der Waals surface area (Å²) in [5, 5.41) is 15.3. The van der Waals surface area contributed by atoms with Gasteiger partial charge in [-0.05, 0) is 71.9 Å². The van der Waals surface area contributed by atoms with Gasteiger partial charge in [0.1, 0.15) is 6.04 Å². The van der Waals surface area contributed by atoms with Gasteiger partial charge in [-0.1, -0.05) is 18.2 Å². The molecule has 3 aliphatic rings. The predicted molar refractivity (Wildman–Crippen MR) is 134 cm³/mol. The van der Waals surface area contributed by atoms with Gasteiger partial charge in [0.05, 0.1) is 16.6 Å². The molecule has 8 heteroatoms. The maximum Gasteiger partial charge on any atom is 0.244 e. The summed E-state index contributed by atoms with van der Waals surface area (Å²) in [6, 6.07) is 8.73. The van der Waals surface area contributed by atoms with Gasteiger partial charge < -0.3 is 20.6 Å². The highest BCUT2D eigenvalue weighted by Crippen LogP contribution is 2.71. The van der Waals surface area contributed by atoms with Crippen LogP contribution in [-0.4, -0.2) is 62.0 Å². The number of anilines is 1. The molecule has 3 saturated heterocycles. The third-order valence-electron chi connectivity index (χ3n) is 7.40. The van der Waals surface area contributed by atoms with E-state index < -0.39 is 28.2 Å². The average molecular weight is 488 g/mol. The minimum atomic E-state index is -0.600. The van der Waals surface area contributed by atoms with E-state index >= 15 is 0 Å². The molecule has 1 spiro atoms. The number of thioether (sulfide) groups is 1. The lowest BCUT2D eigenvalue weighted by atomic mass is 9.66. The van der Waals surface area contributed by atoms with Crippen molar-refractivity contribution in [1.82, 2.24) is 10.2 Å². The molecule has 0 aliphatic carbocycles. The molecule has 0 radical (unpaired) electrons. The summed E-state index contributed by atoms with van der Waals surface area (Å²) in [7, 11) is 0. The minimum Gasteiger partial charge on any atom is -0.396 e. The number of para-hydroxylation sites is 1. The van der Waals surface area contributed by atoms with Gasteiger partial charge in [-0.15, -0.1) is 11.8 Å². The SMILES string of the molecule is CC(C)(C)NC(=O)C1N(CCCCCO)C(=O)[C@@H]2[C@H](C(=O)Nc3ccccc3)[C@]3(C)CCC12S3. The lowest BCUT2D eigenvalue weighted by Crippen LogP contribution is -2.57. The first-order chi connectivity index (χ1) is 16.0. The first-order valence-electron chi connectivity index (χ1n) is 12.3. The molecule has 7 nitrogen and oxygen atoms in total. The Balaban J connectivity index is 1.67. The number of carbonyl (C=O) groups is 3. The van der Waals surface area contributed by atoms with Crippen molar-refractivity contribution < 1.29 is 19.5 Å². The Morgan fingerprint density at radius 3 is 2.47 bits per heavy atom. The Morgan fingerprint density at radius 1 is 1.12 bits per heavy atom. The zero-order chi connectivity index (χ0) is 24.7. The summed E-state index contributed by atoms with van der Waals surface area (Å²) in [5.74, 6) is -1.37. The number of aliphatic hydroxyl groups is 1. The monoisotopic (exact) mass is 487 g/mol. The summed E-state index contributed by atoms with van der Waals surface area (Å²) >= 11 is 1.69. The third kappa shape index (κ3) is 4.35. The van der Waals surface area contributed by atoms with Crippen LogP contribution < -0.4 is 10.6 Å². The molecule has 3 N–H and O–H groups in total. The summed E-state index contributed by atoms with van der Waals surface area (Å²) in [6.45, 7) is 8.49. The van der Waals surface area contributed by atoms with Crippen LogP contribution in [0.15, 0.2) is 30.3 Å². The Kier molecular flexibility index (Phi) is 6.77. The second kappa shape index (κ2) is 9.19. The molecule has 3 heterocycles. The molecule has 4 rings (SSSR count). The van der Waals surface area contributed by atoms with Gasteiger partial charge in [0.2, 0.25) is 17.7 Å². The third-order valence-corrected chi connectivity index (χ3v) is 9.39. The zero-order valence-corrected chi connectivity index (χ0v) is 21.4. The Morgan fingerprint density at radius 2 is 1.82 bits per heavy atom. The van der Waals surface area contributed by atoms with E-state index in [0.717, 1.165) is 25.7 Å². The van der Waals surface area contributed by atoms with E-state index in [0.29, 0.717) is 18.7 Å². The first-order valence-corrected chi connectivity index (χ1v) is 13.1. The van der Waals surface area contributed by atoms with Gasteiger partial charge in [0, 0.05) is 29.1 Å². The van der Waals surface area contributed by atoms with Crippen LogP contribution in [0.5, 0.6) is 0 Å². The number of rotatable bonds is 8. The van der Waals surface area contributed by atoms with Crippen molar-refractivity contribution >= 4 is 35.2 Å². The van der Waals surface area contributed by atoms with Crippen LogP contribution in [0.2, 0.25) is 0 Å². The zero-order valence-electron chi connectivity index (χ0n) is 20.6. The number of fused-ring (bicyclic) bond motifs is 1. The lowest BCUT2D eigenvalue weighted by Gasteiger charge is -2.36. The molecule has 0 saturated carbocycles. The van der Waals surface area contributed by atoms with E-state index in [-0.39, 0.29) is 29.1 Å². The quantitative estimate of drug-likeness (QED) is 0.489. The van der Waals surface area contributed by atoms with E-state index in [1.165, 1.54) is 0 Å². The van der Waals surface area contributed by atoms with Crippen LogP contribution >= 0.6 is 11.8 Å². The first kappa shape index (κ1) is 25.0. The predicted octanol–water partition coefficient (Wildman–Crippen LogP) is 3.18. The highest BCUT2D eigenvalue weighted by Gasteiger charge is 2.77. The summed E-state index contributed by atoms with van der Waals surface area (Å²) < 4.78 is -0.987. The molecule has 2 unspecified atom stereocenters. The van der Waals surface area contributed by atoms with Gasteiger partial charge in [0.25, 0.3) is 0 Å². The van der Waals surface area contributed by atoms with E-state index in [1.807, 2.05) is 51.1 Å². The summed E-state index contributed by atoms with van der Waals surface area (Å²) in [5.41, 5.74) is 0.290. The highest BCUT2D eigenvalue weighted by atomic mass is 32.2. The number of carbonyl (C=O) groups excluding carboxylic acids is 3. The molecular weight excluding hydrogens is 450 g/mol. The van der Waals surface area contributed by atoms with Gasteiger partial charge in [-0.3, -0.25) is 14.4 Å². The Bertz CT molecular complexity index is 949. The largest absolute Gasteiger partial charge is 0.396 e. The topological polar surface area (TPSA) is 98.7 Å². The summed E-state index contributed by atoms with van der Waals surface area (Å²) in [4.78, 5) is 42.9. The minimum absolute atomic E-state index is 0.0813. The fraction of sp³-hybridized carbons (Fsp3) is 0.654. The fourth-order valence-electron chi connectivity index (χ4n) is 6.12. The number of hydrogen-bond donors (Lipinski definition) is 3. The molecule has 3 fully saturated rings. The van der Waals surface area contributed by atoms with Crippen molar-refractivity contribution in [3.63, 3.8) is 0 Å². The molecule has 3 amide bonds. The molecule has 186 valence electrons. The Hall–Kier alpha value is -2.06. The number of amides is 3. The Labute approximate surface area is 206 Å². The van der Waals surface area contributed by atoms with Crippen LogP contribution in [-0.2, 0) is 14.4 Å². The number of nitrogens with one attached hydrogen (secondary N) is 2. The van der Waals surface area contributed by atoms with Crippen molar-refractivity contribution in [3.05, 3.63) is 30.3 Å². The molecule has 3 aliphatic heterocycles. The average Bonchev–Trinajstić information content (AvgIpc) is 3.31. The van der Waals surface area contributed by atoms with Crippen molar-refractivity contribution in [2.45, 2.75) is 80.9 Å². The van der Waals surface area contributed by atoms with Crippen LogP contribution in [0.1, 0.15) is 59.8 Å². The molecule has 1 aromatic rings. The van der Waals surface area contributed by atoms with E-state index in [1.54, 1.807) is 16.7 Å². The second-order valence-corrected chi connectivity index (χ2v) is 13.0. The smallest absolute Gasteiger partial charge is 0.244 e. The number of unbranched alkanes of at least 4 members (excludes halogenated alkanes) is 2. The molecular formula is C26H37N3O4S. The normalized spacial score (nSPS) is 32.1. The highest BCUT2D eigenvalue weighted by molar-refractivity contribution is 8.02. The van der Waals surface area contributed by atoms with Crippen LogP contribution in [0.4, 0.5) is 5.69 Å². The van der Waals surface area contributed by atoms with Crippen LogP contribution in [0.25, 0.3) is 0 Å². The lowest BCUT2D eigenvalue weighted by molar-refractivity contribution is -0.139. The molecule has 0 aromatic heterocycles. The standard InChI is InChI=1S/C26H37N3O4S/c1-24(2,3)28-22(32)20-26-14-13-25(4,34-26)18(21(31)27-17-11-7-5-8-12-17)19(26)23(33)29(20)15-9-6-10-16-30/h5,7-8,11-12,18-20,30H,6,9-10,13-16H2,1-4H3,(H,27,31)(H,28,32)/t18-,19+,20?,25+,26?/m1/s1. The van der Waals surface area contributed by atoms with Crippen molar-refractivity contribution in [3.8, 4) is 0 Å². The number of nitrogens with zero attached hydrogens (tertiary/aromatic N) is 1. The molecule has 1 aromatic carbocycles. The van der Waals surface area contributed by atoms with E-state index in [9.17, 15) is 14.4 Å². The number of hydrogen-bond acceptors (Lipinski definition) is 5. The molecule has 5 atom stereocenters. The van der Waals surface area contributed by atoms with Gasteiger partial charge in [-0.2, -0.15) is 0 Å². The van der Waals surface area contributed by atoms with Gasteiger partial charge in [-0.25, -0.2) is 0 Å². The number of likely N-dealkylation sites (tertiary alicyclic amines) is 1. The fourth-order valence-corrected chi connectivity index (χ4v) is 8.47. The number of benzene rings is 1. The maximum atomic E-state index is 13.9. The maximum absolute atomic E-state index is 13.9. The van der Waals surface area contributed by atoms with Crippen molar-refractivity contribution in [2.24, 2.45) is 11.8 Å². The molecule has 2 bridgehead atoms. The van der Waals surface area contributed by atoms with Crippen molar-refractivity contribution in [2.75, 3.05) is 18.5 Å². The van der Waals surface area contributed by atoms with Gasteiger partial charge in [0.15, 0.2) is 0 Å². The summed E-state index contributed by atoms with van der Waals surface area (Å²) in [6.07, 6.45) is 3.72. The van der Waals surface area contributed by atoms with E-state index in [4.69, 9.17) is 5.11 Å². The molecule has 34 heavy (non-hydrogen) atoms. The van der Waals surface area contributed by atoms with Crippen molar-refractivity contribution in [1.29, 1.82) is 0 Å². The van der Waals surface area contributed by atoms with Gasteiger partial charge >= 0.3 is 0 Å². The van der Waals surface area contributed by atoms with Crippen LogP contribution in [0.3, 0.4) is 0 Å². The second-order valence-electron chi connectivity index (χ2n) is 11.1. The van der Waals surface area contributed by atoms with E-state index in [2.05, 4.69) is 17.6 Å². The van der Waals surface area contributed by atoms with Crippen LogP contribution in [0, 0.1) is 11.8 Å².